The number of hydrogen-bond donors (Lipinski definition) is 2. The van der Waals surface area contributed by atoms with Gasteiger partial charge < -0.3 is 9.88 Å². The number of imide groups is 1. The second-order valence-electron chi connectivity index (χ2n) is 7.82. The number of amides is 2. The summed E-state index contributed by atoms with van der Waals surface area (Å²) in [5.41, 5.74) is 0.200. The van der Waals surface area contributed by atoms with E-state index in [9.17, 15) is 22.8 Å². The molecule has 1 aliphatic carbocycles. The quantitative estimate of drug-likeness (QED) is 0.625. The fourth-order valence-corrected chi connectivity index (χ4v) is 4.86. The highest BCUT2D eigenvalue weighted by molar-refractivity contribution is 6.00. The molecule has 4 heterocycles. The van der Waals surface area contributed by atoms with E-state index in [0.717, 1.165) is 6.42 Å². The molecule has 1 saturated carbocycles. The third-order valence-corrected chi connectivity index (χ3v) is 6.15. The largest absolute Gasteiger partial charge is 0.341 e. The lowest BCUT2D eigenvalue weighted by atomic mass is 9.72. The third-order valence-electron chi connectivity index (χ3n) is 6.15. The lowest BCUT2D eigenvalue weighted by molar-refractivity contribution is -0.135. The van der Waals surface area contributed by atoms with E-state index in [1.54, 1.807) is 0 Å². The van der Waals surface area contributed by atoms with Crippen LogP contribution in [-0.2, 0) is 9.59 Å². The van der Waals surface area contributed by atoms with Gasteiger partial charge in [0, 0.05) is 47.2 Å². The summed E-state index contributed by atoms with van der Waals surface area (Å²) < 4.78 is 44.9. The van der Waals surface area contributed by atoms with Crippen LogP contribution in [0.2, 0.25) is 0 Å². The number of fused-ring (bicyclic) bond motifs is 3. The van der Waals surface area contributed by atoms with Gasteiger partial charge in [0.25, 0.3) is 0 Å². The Labute approximate surface area is 152 Å². The van der Waals surface area contributed by atoms with Gasteiger partial charge in [-0.3, -0.25) is 14.9 Å². The molecule has 2 N–H and O–H groups in total. The van der Waals surface area contributed by atoms with Crippen LogP contribution in [0.3, 0.4) is 0 Å². The monoisotopic (exact) mass is 377 g/mol. The fraction of sp³-hybridized carbons (Fsp3) is 0.474. The average molecular weight is 377 g/mol. The molecule has 2 amide bonds. The Morgan fingerprint density at radius 1 is 0.926 bits per heavy atom. The standard InChI is InChI=1S/C19H18F3N3O2/c20-16-12-7-25(13-1-2-14(26)24-19(13)27)6-11(12)15(17(21)18(16)22)8-3-9-5-10(4-8)23-9/h6-10,13,23H,1-5H2,(H,24,26,27). The number of nitrogens with zero attached hydrogens (tertiary/aromatic N) is 1. The zero-order valence-electron chi connectivity index (χ0n) is 14.4. The Morgan fingerprint density at radius 2 is 1.59 bits per heavy atom. The number of halogens is 3. The van der Waals surface area contributed by atoms with E-state index in [2.05, 4.69) is 10.6 Å². The van der Waals surface area contributed by atoms with Gasteiger partial charge >= 0.3 is 0 Å². The molecule has 4 fully saturated rings. The summed E-state index contributed by atoms with van der Waals surface area (Å²) in [6, 6.07) is -0.128. The Morgan fingerprint density at radius 3 is 2.26 bits per heavy atom. The van der Waals surface area contributed by atoms with Gasteiger partial charge in [0.15, 0.2) is 17.5 Å². The molecule has 3 atom stereocenters. The molecule has 2 bridgehead atoms. The molecule has 3 saturated heterocycles. The number of piperidine rings is 2. The fourth-order valence-electron chi connectivity index (χ4n) is 4.86. The highest BCUT2D eigenvalue weighted by atomic mass is 19.2. The van der Waals surface area contributed by atoms with Crippen molar-refractivity contribution in [1.29, 1.82) is 0 Å². The van der Waals surface area contributed by atoms with Crippen molar-refractivity contribution in [3.63, 3.8) is 0 Å². The summed E-state index contributed by atoms with van der Waals surface area (Å²) in [4.78, 5) is 23.5. The van der Waals surface area contributed by atoms with Crippen LogP contribution in [0, 0.1) is 17.5 Å². The van der Waals surface area contributed by atoms with E-state index < -0.39 is 29.4 Å². The molecule has 1 aromatic heterocycles. The van der Waals surface area contributed by atoms with Crippen LogP contribution in [0.15, 0.2) is 12.4 Å². The number of carbonyl (C=O) groups excluding carboxylic acids is 2. The van der Waals surface area contributed by atoms with E-state index in [4.69, 9.17) is 0 Å². The van der Waals surface area contributed by atoms with Crippen molar-refractivity contribution in [1.82, 2.24) is 15.2 Å². The SMILES string of the molecule is O=C1CCC(n2cc3c(F)c(F)c(F)c(C4CC5CC(C4)N5)c3c2)C(=O)N1. The average Bonchev–Trinajstić information content (AvgIpc) is 3.04. The lowest BCUT2D eigenvalue weighted by Gasteiger charge is -2.47. The molecule has 1 aromatic carbocycles. The van der Waals surface area contributed by atoms with Gasteiger partial charge in [-0.2, -0.15) is 0 Å². The molecular weight excluding hydrogens is 359 g/mol. The maximum atomic E-state index is 14.7. The maximum Gasteiger partial charge on any atom is 0.249 e. The number of hydrogen-bond acceptors (Lipinski definition) is 3. The van der Waals surface area contributed by atoms with Crippen LogP contribution in [-0.4, -0.2) is 28.5 Å². The van der Waals surface area contributed by atoms with E-state index in [0.29, 0.717) is 18.2 Å². The second kappa shape index (κ2) is 5.82. The van der Waals surface area contributed by atoms with Crippen molar-refractivity contribution >= 4 is 22.6 Å². The summed E-state index contributed by atoms with van der Waals surface area (Å²) in [6.45, 7) is 0. The Bertz CT molecular complexity index is 970. The Kier molecular flexibility index (Phi) is 3.62. The molecule has 8 heteroatoms. The van der Waals surface area contributed by atoms with Gasteiger partial charge in [-0.1, -0.05) is 0 Å². The van der Waals surface area contributed by atoms with Crippen LogP contribution in [0.5, 0.6) is 0 Å². The second-order valence-corrected chi connectivity index (χ2v) is 7.82. The molecule has 142 valence electrons. The highest BCUT2D eigenvalue weighted by Crippen LogP contribution is 2.44. The van der Waals surface area contributed by atoms with Gasteiger partial charge in [0.05, 0.1) is 0 Å². The highest BCUT2D eigenvalue weighted by Gasteiger charge is 2.40. The van der Waals surface area contributed by atoms with Gasteiger partial charge in [-0.15, -0.1) is 0 Å². The number of aromatic nitrogens is 1. The van der Waals surface area contributed by atoms with Crippen molar-refractivity contribution in [3.8, 4) is 0 Å². The van der Waals surface area contributed by atoms with Crippen molar-refractivity contribution in [2.45, 2.75) is 56.1 Å². The molecule has 5 nitrogen and oxygen atoms in total. The van der Waals surface area contributed by atoms with Gasteiger partial charge in [-0.05, 0) is 31.6 Å². The minimum absolute atomic E-state index is 0.0270. The zero-order valence-corrected chi connectivity index (χ0v) is 14.4. The van der Waals surface area contributed by atoms with E-state index in [-0.39, 0.29) is 47.7 Å². The zero-order chi connectivity index (χ0) is 18.9. The summed E-state index contributed by atoms with van der Waals surface area (Å²) in [7, 11) is 0. The van der Waals surface area contributed by atoms with Gasteiger partial charge in [0.1, 0.15) is 6.04 Å². The van der Waals surface area contributed by atoms with Crippen LogP contribution in [0.25, 0.3) is 10.8 Å². The third kappa shape index (κ3) is 2.50. The maximum absolute atomic E-state index is 14.7. The number of carbonyl (C=O) groups is 2. The van der Waals surface area contributed by atoms with Crippen LogP contribution in [0.1, 0.15) is 49.6 Å². The topological polar surface area (TPSA) is 63.1 Å². The predicted molar refractivity (Wildman–Crippen MR) is 90.5 cm³/mol. The summed E-state index contributed by atoms with van der Waals surface area (Å²) in [5, 5.41) is 5.89. The minimum atomic E-state index is -1.47. The first kappa shape index (κ1) is 16.8. The van der Waals surface area contributed by atoms with Crippen LogP contribution in [0.4, 0.5) is 13.2 Å². The molecule has 3 aliphatic heterocycles. The first-order chi connectivity index (χ1) is 12.9. The molecular formula is C19H18F3N3O2. The number of nitrogens with one attached hydrogen (secondary N) is 2. The van der Waals surface area contributed by atoms with Crippen molar-refractivity contribution in [2.24, 2.45) is 0 Å². The van der Waals surface area contributed by atoms with E-state index in [1.165, 1.54) is 17.0 Å². The van der Waals surface area contributed by atoms with Gasteiger partial charge in [-0.25, -0.2) is 13.2 Å². The summed E-state index contributed by atoms with van der Waals surface area (Å²) >= 11 is 0. The van der Waals surface area contributed by atoms with E-state index in [1.807, 2.05) is 0 Å². The van der Waals surface area contributed by atoms with Gasteiger partial charge in [0.2, 0.25) is 11.8 Å². The van der Waals surface area contributed by atoms with Crippen molar-refractivity contribution in [2.75, 3.05) is 0 Å². The summed E-state index contributed by atoms with van der Waals surface area (Å²) in [5.74, 6) is -4.87. The predicted octanol–water partition coefficient (Wildman–Crippen LogP) is 2.64. The molecule has 27 heavy (non-hydrogen) atoms. The number of rotatable bonds is 2. The number of benzene rings is 1. The Hall–Kier alpha value is -2.35. The first-order valence-electron chi connectivity index (χ1n) is 9.19. The van der Waals surface area contributed by atoms with Crippen LogP contribution < -0.4 is 10.6 Å². The first-order valence-corrected chi connectivity index (χ1v) is 9.19. The molecule has 2 aromatic rings. The normalized spacial score (nSPS) is 30.3. The van der Waals surface area contributed by atoms with Crippen molar-refractivity contribution < 1.29 is 22.8 Å². The lowest BCUT2D eigenvalue weighted by Crippen LogP contribution is -2.57. The molecule has 4 aliphatic rings. The van der Waals surface area contributed by atoms with E-state index >= 15 is 0 Å². The molecule has 0 radical (unpaired) electrons. The molecule has 6 rings (SSSR count). The Balaban J connectivity index is 1.63. The minimum Gasteiger partial charge on any atom is -0.341 e. The van der Waals surface area contributed by atoms with Crippen molar-refractivity contribution in [3.05, 3.63) is 35.4 Å². The molecule has 3 unspecified atom stereocenters. The van der Waals surface area contributed by atoms with Crippen LogP contribution >= 0.6 is 0 Å². The smallest absolute Gasteiger partial charge is 0.249 e. The molecule has 0 spiro atoms. The summed E-state index contributed by atoms with van der Waals surface area (Å²) in [6.07, 6.45) is 5.69.